The largest absolute Gasteiger partial charge is 0.493 e. The Morgan fingerprint density at radius 1 is 1.11 bits per heavy atom. The quantitative estimate of drug-likeness (QED) is 0.784. The molecule has 0 radical (unpaired) electrons. The summed E-state index contributed by atoms with van der Waals surface area (Å²) in [6.45, 7) is -1.54. The van der Waals surface area contributed by atoms with Gasteiger partial charge in [0, 0.05) is 13.1 Å². The zero-order chi connectivity index (χ0) is 20.1. The van der Waals surface area contributed by atoms with E-state index >= 15 is 0 Å². The number of nitrogens with zero attached hydrogens (tertiary/aromatic N) is 1. The molecule has 1 aliphatic rings. The Morgan fingerprint density at radius 3 is 2.46 bits per heavy atom. The molecule has 0 saturated heterocycles. The van der Waals surface area contributed by atoms with E-state index in [-0.39, 0.29) is 23.9 Å². The molecular weight excluding hydrogens is 370 g/mol. The van der Waals surface area contributed by atoms with E-state index in [0.717, 1.165) is 17.5 Å². The maximum absolute atomic E-state index is 12.5. The van der Waals surface area contributed by atoms with E-state index in [4.69, 9.17) is 9.47 Å². The second kappa shape index (κ2) is 8.88. The van der Waals surface area contributed by atoms with Gasteiger partial charge in [-0.1, -0.05) is 12.1 Å². The monoisotopic (exact) mass is 392 g/mol. The van der Waals surface area contributed by atoms with Crippen LogP contribution in [-0.4, -0.2) is 44.7 Å². The van der Waals surface area contributed by atoms with Crippen molar-refractivity contribution < 1.29 is 27.8 Å². The van der Waals surface area contributed by atoms with Gasteiger partial charge in [0.25, 0.3) is 0 Å². The van der Waals surface area contributed by atoms with Crippen LogP contribution in [0.15, 0.2) is 36.4 Å². The normalized spacial score (nSPS) is 13.8. The lowest BCUT2D eigenvalue weighted by molar-refractivity contribution is -0.117. The number of fused-ring (bicyclic) bond motifs is 1. The summed E-state index contributed by atoms with van der Waals surface area (Å²) in [5.41, 5.74) is 2.44. The number of benzene rings is 2. The van der Waals surface area contributed by atoms with E-state index in [9.17, 15) is 13.6 Å². The van der Waals surface area contributed by atoms with Crippen molar-refractivity contribution >= 4 is 11.6 Å². The van der Waals surface area contributed by atoms with E-state index < -0.39 is 6.61 Å². The summed E-state index contributed by atoms with van der Waals surface area (Å²) >= 11 is 0. The number of carbonyl (C=O) groups is 1. The van der Waals surface area contributed by atoms with Gasteiger partial charge in [0.2, 0.25) is 5.91 Å². The number of amides is 1. The van der Waals surface area contributed by atoms with E-state index in [1.165, 1.54) is 12.1 Å². The summed E-state index contributed by atoms with van der Waals surface area (Å²) < 4.78 is 40.1. The van der Waals surface area contributed by atoms with Crippen LogP contribution >= 0.6 is 0 Å². The Hall–Kier alpha value is -2.87. The Kier molecular flexibility index (Phi) is 6.30. The van der Waals surface area contributed by atoms with Crippen LogP contribution in [0.25, 0.3) is 0 Å². The summed E-state index contributed by atoms with van der Waals surface area (Å²) in [4.78, 5) is 14.4. The Labute approximate surface area is 162 Å². The molecule has 0 aromatic heterocycles. The first-order valence-corrected chi connectivity index (χ1v) is 8.80. The maximum Gasteiger partial charge on any atom is 0.387 e. The molecule has 3 rings (SSSR count). The minimum atomic E-state index is -2.95. The number of para-hydroxylation sites is 2. The predicted molar refractivity (Wildman–Crippen MR) is 100 cm³/mol. The lowest BCUT2D eigenvalue weighted by Gasteiger charge is -2.29. The third-order valence-electron chi connectivity index (χ3n) is 4.54. The van der Waals surface area contributed by atoms with E-state index in [1.54, 1.807) is 26.4 Å². The highest BCUT2D eigenvalue weighted by Gasteiger charge is 2.21. The number of rotatable bonds is 7. The molecule has 0 spiro atoms. The molecular formula is C20H22F2N2O4. The summed E-state index contributed by atoms with van der Waals surface area (Å²) in [6, 6.07) is 10.0. The molecule has 0 saturated carbocycles. The summed E-state index contributed by atoms with van der Waals surface area (Å²) in [5, 5.41) is 2.64. The molecule has 0 fully saturated rings. The molecule has 2 aromatic carbocycles. The molecule has 1 N–H and O–H groups in total. The Morgan fingerprint density at radius 2 is 1.79 bits per heavy atom. The first-order valence-electron chi connectivity index (χ1n) is 8.80. The van der Waals surface area contributed by atoms with Crippen molar-refractivity contribution in [2.45, 2.75) is 19.6 Å². The van der Waals surface area contributed by atoms with Crippen molar-refractivity contribution in [3.8, 4) is 17.2 Å². The standard InChI is InChI=1S/C20H22F2N2O4/c1-26-17-9-13-7-8-24(11-14(13)10-18(17)27-2)12-19(25)23-15-5-3-4-6-16(15)28-20(21)22/h3-6,9-10,20H,7-8,11-12H2,1-2H3,(H,23,25). The lowest BCUT2D eigenvalue weighted by Crippen LogP contribution is -2.37. The number of halogens is 2. The van der Waals surface area contributed by atoms with Crippen LogP contribution in [0.2, 0.25) is 0 Å². The summed E-state index contributed by atoms with van der Waals surface area (Å²) in [7, 11) is 3.18. The van der Waals surface area contributed by atoms with Crippen LogP contribution in [0.3, 0.4) is 0 Å². The molecule has 2 aromatic rings. The number of hydrogen-bond acceptors (Lipinski definition) is 5. The van der Waals surface area contributed by atoms with Gasteiger partial charge in [-0.05, 0) is 41.8 Å². The fraction of sp³-hybridized carbons (Fsp3) is 0.350. The van der Waals surface area contributed by atoms with Crippen molar-refractivity contribution in [2.75, 3.05) is 32.6 Å². The first-order chi connectivity index (χ1) is 13.5. The first kappa shape index (κ1) is 19.9. The van der Waals surface area contributed by atoms with Gasteiger partial charge in [-0.2, -0.15) is 8.78 Å². The number of anilines is 1. The third-order valence-corrected chi connectivity index (χ3v) is 4.54. The smallest absolute Gasteiger partial charge is 0.387 e. The lowest BCUT2D eigenvalue weighted by atomic mass is 9.99. The van der Waals surface area contributed by atoms with Crippen LogP contribution in [0.1, 0.15) is 11.1 Å². The molecule has 0 bridgehead atoms. The van der Waals surface area contributed by atoms with Crippen molar-refractivity contribution in [3.05, 3.63) is 47.5 Å². The van der Waals surface area contributed by atoms with Crippen molar-refractivity contribution in [3.63, 3.8) is 0 Å². The fourth-order valence-electron chi connectivity index (χ4n) is 3.24. The molecule has 8 heteroatoms. The number of nitrogens with one attached hydrogen (secondary N) is 1. The number of ether oxygens (including phenoxy) is 3. The second-order valence-electron chi connectivity index (χ2n) is 6.36. The van der Waals surface area contributed by atoms with Crippen molar-refractivity contribution in [1.29, 1.82) is 0 Å². The minimum absolute atomic E-state index is 0.0633. The van der Waals surface area contributed by atoms with Gasteiger partial charge in [-0.25, -0.2) is 0 Å². The van der Waals surface area contributed by atoms with Crippen LogP contribution in [-0.2, 0) is 17.8 Å². The van der Waals surface area contributed by atoms with Gasteiger partial charge < -0.3 is 19.5 Å². The number of alkyl halides is 2. The highest BCUT2D eigenvalue weighted by atomic mass is 19.3. The molecule has 1 heterocycles. The van der Waals surface area contributed by atoms with E-state index in [1.807, 2.05) is 17.0 Å². The van der Waals surface area contributed by atoms with Gasteiger partial charge in [0.05, 0.1) is 26.5 Å². The number of methoxy groups -OCH3 is 2. The Bertz CT molecular complexity index is 845. The summed E-state index contributed by atoms with van der Waals surface area (Å²) in [6.07, 6.45) is 0.772. The van der Waals surface area contributed by atoms with Crippen LogP contribution in [0.4, 0.5) is 14.5 Å². The number of carbonyl (C=O) groups excluding carboxylic acids is 1. The SMILES string of the molecule is COc1cc2c(cc1OC)CN(CC(=O)Nc1ccccc1OC(F)F)CC2. The van der Waals surface area contributed by atoms with E-state index in [0.29, 0.717) is 24.6 Å². The molecule has 1 aliphatic heterocycles. The van der Waals surface area contributed by atoms with Gasteiger partial charge in [-0.3, -0.25) is 9.69 Å². The zero-order valence-corrected chi connectivity index (χ0v) is 15.7. The minimum Gasteiger partial charge on any atom is -0.493 e. The van der Waals surface area contributed by atoms with Crippen LogP contribution in [0.5, 0.6) is 17.2 Å². The van der Waals surface area contributed by atoms with Crippen LogP contribution < -0.4 is 19.5 Å². The molecule has 6 nitrogen and oxygen atoms in total. The van der Waals surface area contributed by atoms with Crippen molar-refractivity contribution in [1.82, 2.24) is 4.90 Å². The molecule has 28 heavy (non-hydrogen) atoms. The molecule has 150 valence electrons. The van der Waals surface area contributed by atoms with Crippen molar-refractivity contribution in [2.24, 2.45) is 0 Å². The number of hydrogen-bond donors (Lipinski definition) is 1. The van der Waals surface area contributed by atoms with Gasteiger partial charge >= 0.3 is 6.61 Å². The molecule has 0 atom stereocenters. The van der Waals surface area contributed by atoms with Gasteiger partial charge in [0.1, 0.15) is 5.75 Å². The zero-order valence-electron chi connectivity index (χ0n) is 15.7. The topological polar surface area (TPSA) is 60.0 Å². The fourth-order valence-corrected chi connectivity index (χ4v) is 3.24. The molecule has 1 amide bonds. The van der Waals surface area contributed by atoms with Crippen LogP contribution in [0, 0.1) is 0 Å². The maximum atomic E-state index is 12.5. The average molecular weight is 392 g/mol. The average Bonchev–Trinajstić information content (AvgIpc) is 2.67. The summed E-state index contributed by atoms with van der Waals surface area (Å²) in [5.74, 6) is 0.967. The molecule has 0 unspecified atom stereocenters. The van der Waals surface area contributed by atoms with Gasteiger partial charge in [-0.15, -0.1) is 0 Å². The second-order valence-corrected chi connectivity index (χ2v) is 6.36. The van der Waals surface area contributed by atoms with E-state index in [2.05, 4.69) is 10.1 Å². The predicted octanol–water partition coefficient (Wildman–Crippen LogP) is 3.30. The van der Waals surface area contributed by atoms with Gasteiger partial charge in [0.15, 0.2) is 11.5 Å². The molecule has 0 aliphatic carbocycles. The highest BCUT2D eigenvalue weighted by Crippen LogP contribution is 2.33. The third kappa shape index (κ3) is 4.69. The highest BCUT2D eigenvalue weighted by molar-refractivity contribution is 5.93. The Balaban J connectivity index is 1.65.